The van der Waals surface area contributed by atoms with E-state index in [0.717, 1.165) is 31.4 Å². The summed E-state index contributed by atoms with van der Waals surface area (Å²) in [5.41, 5.74) is 1.52. The molecule has 3 aliphatic rings. The van der Waals surface area contributed by atoms with Crippen LogP contribution in [0.3, 0.4) is 0 Å². The van der Waals surface area contributed by atoms with Gasteiger partial charge in [0.2, 0.25) is 5.91 Å². The van der Waals surface area contributed by atoms with Crippen LogP contribution in [0.2, 0.25) is 0 Å². The molecule has 2 amide bonds. The monoisotopic (exact) mass is 401 g/mol. The summed E-state index contributed by atoms with van der Waals surface area (Å²) in [6, 6.07) is 2.87. The summed E-state index contributed by atoms with van der Waals surface area (Å²) in [6.07, 6.45) is 6.80. The molecular formula is C22H35N5O2. The molecule has 2 N–H and O–H groups in total. The van der Waals surface area contributed by atoms with Crippen molar-refractivity contribution in [1.29, 1.82) is 0 Å². The third-order valence-corrected chi connectivity index (χ3v) is 6.50. The molecule has 1 saturated carbocycles. The van der Waals surface area contributed by atoms with Gasteiger partial charge in [-0.1, -0.05) is 0 Å². The van der Waals surface area contributed by atoms with Crippen molar-refractivity contribution in [3.63, 3.8) is 0 Å². The van der Waals surface area contributed by atoms with Crippen molar-refractivity contribution in [1.82, 2.24) is 25.3 Å². The lowest BCUT2D eigenvalue weighted by Gasteiger charge is -2.39. The zero-order valence-corrected chi connectivity index (χ0v) is 18.2. The summed E-state index contributed by atoms with van der Waals surface area (Å²) in [4.78, 5) is 27.4. The maximum Gasteiger partial charge on any atom is 0.269 e. The molecule has 2 bridgehead atoms. The number of rotatable bonds is 6. The number of aryl methyl sites for hydroxylation is 1. The van der Waals surface area contributed by atoms with E-state index in [2.05, 4.69) is 20.6 Å². The second-order valence-electron chi connectivity index (χ2n) is 10.3. The Morgan fingerprint density at radius 1 is 1.14 bits per heavy atom. The van der Waals surface area contributed by atoms with E-state index in [0.29, 0.717) is 42.7 Å². The van der Waals surface area contributed by atoms with E-state index in [4.69, 9.17) is 0 Å². The van der Waals surface area contributed by atoms with Crippen LogP contribution < -0.4 is 10.6 Å². The zero-order chi connectivity index (χ0) is 20.8. The molecule has 0 aromatic carbocycles. The standard InChI is InChI=1S/C22H35N5O2/c1-22(2,3)24-20(28)13-27-16-7-8-17(27)10-14(9-16)12-23-21(29)19-11-18(15-5-6-15)25-26(19)4/h11,14-17H,5-10,12-13H2,1-4H3,(H,23,29)(H,24,28). The van der Waals surface area contributed by atoms with Gasteiger partial charge >= 0.3 is 0 Å². The Balaban J connectivity index is 1.28. The average Bonchev–Trinajstić information content (AvgIpc) is 3.36. The molecule has 1 aromatic heterocycles. The molecule has 7 heteroatoms. The van der Waals surface area contributed by atoms with Gasteiger partial charge in [0, 0.05) is 37.1 Å². The Morgan fingerprint density at radius 2 is 1.79 bits per heavy atom. The Labute approximate surface area is 173 Å². The van der Waals surface area contributed by atoms with Gasteiger partial charge in [-0.05, 0) is 71.3 Å². The number of carbonyl (C=O) groups is 2. The third kappa shape index (κ3) is 4.82. The molecule has 2 aliphatic heterocycles. The van der Waals surface area contributed by atoms with Gasteiger partial charge in [0.25, 0.3) is 5.91 Å². The maximum absolute atomic E-state index is 12.7. The molecule has 7 nitrogen and oxygen atoms in total. The lowest BCUT2D eigenvalue weighted by molar-refractivity contribution is -0.125. The van der Waals surface area contributed by atoms with Crippen LogP contribution in [0.25, 0.3) is 0 Å². The van der Waals surface area contributed by atoms with Gasteiger partial charge in [-0.15, -0.1) is 0 Å². The maximum atomic E-state index is 12.7. The van der Waals surface area contributed by atoms with E-state index in [1.807, 2.05) is 33.9 Å². The van der Waals surface area contributed by atoms with Gasteiger partial charge in [0.1, 0.15) is 5.69 Å². The van der Waals surface area contributed by atoms with Crippen molar-refractivity contribution >= 4 is 11.8 Å². The van der Waals surface area contributed by atoms with Crippen LogP contribution in [-0.4, -0.2) is 57.2 Å². The largest absolute Gasteiger partial charge is 0.350 e. The number of amides is 2. The highest BCUT2D eigenvalue weighted by atomic mass is 16.2. The minimum Gasteiger partial charge on any atom is -0.350 e. The molecule has 1 aromatic rings. The molecule has 2 unspecified atom stereocenters. The zero-order valence-electron chi connectivity index (χ0n) is 18.2. The van der Waals surface area contributed by atoms with Gasteiger partial charge < -0.3 is 10.6 Å². The Hall–Kier alpha value is -1.89. The molecule has 4 rings (SSSR count). The number of carbonyl (C=O) groups excluding carboxylic acids is 2. The van der Waals surface area contributed by atoms with E-state index in [1.54, 1.807) is 4.68 Å². The van der Waals surface area contributed by atoms with Crippen molar-refractivity contribution in [2.75, 3.05) is 13.1 Å². The fraction of sp³-hybridized carbons (Fsp3) is 0.773. The van der Waals surface area contributed by atoms with Crippen LogP contribution >= 0.6 is 0 Å². The van der Waals surface area contributed by atoms with Crippen LogP contribution in [0.15, 0.2) is 6.07 Å². The number of hydrogen-bond acceptors (Lipinski definition) is 4. The molecular weight excluding hydrogens is 366 g/mol. The SMILES string of the molecule is Cn1nc(C2CC2)cc1C(=O)NCC1CC2CCC(C1)N2CC(=O)NC(C)(C)C. The average molecular weight is 402 g/mol. The summed E-state index contributed by atoms with van der Waals surface area (Å²) >= 11 is 0. The van der Waals surface area contributed by atoms with Crippen LogP contribution in [0, 0.1) is 5.92 Å². The van der Waals surface area contributed by atoms with Gasteiger partial charge in [-0.2, -0.15) is 5.10 Å². The molecule has 29 heavy (non-hydrogen) atoms. The van der Waals surface area contributed by atoms with Crippen molar-refractivity contribution in [3.05, 3.63) is 17.5 Å². The number of hydrogen-bond donors (Lipinski definition) is 2. The minimum atomic E-state index is -0.191. The van der Waals surface area contributed by atoms with E-state index in [1.165, 1.54) is 12.8 Å². The molecule has 0 spiro atoms. The highest BCUT2D eigenvalue weighted by Crippen LogP contribution is 2.40. The fourth-order valence-corrected chi connectivity index (χ4v) is 5.04. The highest BCUT2D eigenvalue weighted by Gasteiger charge is 2.41. The normalized spacial score (nSPS) is 27.1. The van der Waals surface area contributed by atoms with Crippen molar-refractivity contribution in [2.24, 2.45) is 13.0 Å². The molecule has 3 heterocycles. The Morgan fingerprint density at radius 3 is 2.38 bits per heavy atom. The predicted octanol–water partition coefficient (Wildman–Crippen LogP) is 2.18. The van der Waals surface area contributed by atoms with Gasteiger partial charge in [0.15, 0.2) is 0 Å². The van der Waals surface area contributed by atoms with Crippen LogP contribution in [0.4, 0.5) is 0 Å². The van der Waals surface area contributed by atoms with Crippen LogP contribution in [0.5, 0.6) is 0 Å². The summed E-state index contributed by atoms with van der Waals surface area (Å²) in [5, 5.41) is 10.7. The van der Waals surface area contributed by atoms with Crippen LogP contribution in [0.1, 0.15) is 81.4 Å². The summed E-state index contributed by atoms with van der Waals surface area (Å²) in [6.45, 7) is 7.25. The van der Waals surface area contributed by atoms with E-state index < -0.39 is 0 Å². The predicted molar refractivity (Wildman–Crippen MR) is 112 cm³/mol. The molecule has 1 aliphatic carbocycles. The molecule has 2 atom stereocenters. The first kappa shape index (κ1) is 20.4. The Bertz CT molecular complexity index is 763. The lowest BCUT2D eigenvalue weighted by atomic mass is 9.90. The number of piperidine rings is 1. The van der Waals surface area contributed by atoms with Crippen molar-refractivity contribution in [2.45, 2.75) is 82.8 Å². The first-order valence-corrected chi connectivity index (χ1v) is 11.1. The number of nitrogens with one attached hydrogen (secondary N) is 2. The van der Waals surface area contributed by atoms with E-state index >= 15 is 0 Å². The molecule has 3 fully saturated rings. The van der Waals surface area contributed by atoms with Crippen molar-refractivity contribution in [3.8, 4) is 0 Å². The second-order valence-corrected chi connectivity index (χ2v) is 10.3. The van der Waals surface area contributed by atoms with E-state index in [-0.39, 0.29) is 17.4 Å². The summed E-state index contributed by atoms with van der Waals surface area (Å²) in [7, 11) is 1.85. The van der Waals surface area contributed by atoms with Gasteiger partial charge in [-0.3, -0.25) is 19.2 Å². The summed E-state index contributed by atoms with van der Waals surface area (Å²) < 4.78 is 1.71. The lowest BCUT2D eigenvalue weighted by Crippen LogP contribution is -2.52. The fourth-order valence-electron chi connectivity index (χ4n) is 5.04. The van der Waals surface area contributed by atoms with Crippen LogP contribution in [-0.2, 0) is 11.8 Å². The van der Waals surface area contributed by atoms with Gasteiger partial charge in [0.05, 0.1) is 12.2 Å². The van der Waals surface area contributed by atoms with Gasteiger partial charge in [-0.25, -0.2) is 0 Å². The minimum absolute atomic E-state index is 0.0220. The first-order chi connectivity index (χ1) is 13.7. The highest BCUT2D eigenvalue weighted by molar-refractivity contribution is 5.92. The molecule has 0 radical (unpaired) electrons. The van der Waals surface area contributed by atoms with E-state index in [9.17, 15) is 9.59 Å². The quantitative estimate of drug-likeness (QED) is 0.766. The van der Waals surface area contributed by atoms with Crippen molar-refractivity contribution < 1.29 is 9.59 Å². The summed E-state index contributed by atoms with van der Waals surface area (Å²) in [5.74, 6) is 1.13. The molecule has 2 saturated heterocycles. The topological polar surface area (TPSA) is 79.3 Å². The smallest absolute Gasteiger partial charge is 0.269 e. The number of nitrogens with zero attached hydrogens (tertiary/aromatic N) is 3. The number of fused-ring (bicyclic) bond motifs is 2. The second kappa shape index (κ2) is 7.74. The first-order valence-electron chi connectivity index (χ1n) is 11.1. The Kier molecular flexibility index (Phi) is 5.44. The third-order valence-electron chi connectivity index (χ3n) is 6.50. The number of aromatic nitrogens is 2. The molecule has 160 valence electrons.